The first kappa shape index (κ1) is 9.17. The number of likely N-dealkylation sites (tertiary alicyclic amines) is 1. The van der Waals surface area contributed by atoms with Gasteiger partial charge in [-0.25, -0.2) is 0 Å². The fourth-order valence-electron chi connectivity index (χ4n) is 1.69. The molecule has 2 N–H and O–H groups in total. The van der Waals surface area contributed by atoms with E-state index in [0.717, 1.165) is 25.4 Å². The normalized spacial score (nSPS) is 19.2. The average molecular weight is 166 g/mol. The first-order chi connectivity index (χ1) is 5.74. The molecule has 0 saturated carbocycles. The van der Waals surface area contributed by atoms with Crippen LogP contribution in [0.25, 0.3) is 0 Å². The number of hydrogen-bond acceptors (Lipinski definition) is 2. The molecule has 0 spiro atoms. The Hall–Kier alpha value is -0.920. The molecular formula is C10H18N2. The van der Waals surface area contributed by atoms with E-state index in [9.17, 15) is 0 Å². The minimum Gasteiger partial charge on any atom is -0.386 e. The van der Waals surface area contributed by atoms with Gasteiger partial charge in [-0.2, -0.15) is 0 Å². The molecule has 2 nitrogen and oxygen atoms in total. The molecule has 0 amide bonds. The molecule has 0 unspecified atom stereocenters. The zero-order valence-corrected chi connectivity index (χ0v) is 7.63. The molecule has 1 rings (SSSR count). The Morgan fingerprint density at radius 3 is 2.50 bits per heavy atom. The summed E-state index contributed by atoms with van der Waals surface area (Å²) in [6.07, 6.45) is 5.60. The number of nitrogens with two attached hydrogens (primary N) is 1. The standard InChI is InChI=1S/C10H18N2/c1-3-4-10-5-7-12(8-6-10)9(2)11/h3,10H,1-2,4-8,11H2. The van der Waals surface area contributed by atoms with E-state index < -0.39 is 0 Å². The number of piperidine rings is 1. The molecule has 0 aliphatic carbocycles. The SMILES string of the molecule is C=CCC1CCN(C(=C)N)CC1. The largest absolute Gasteiger partial charge is 0.386 e. The van der Waals surface area contributed by atoms with Crippen LogP contribution < -0.4 is 5.73 Å². The van der Waals surface area contributed by atoms with Crippen LogP contribution in [0.3, 0.4) is 0 Å². The zero-order valence-electron chi connectivity index (χ0n) is 7.63. The van der Waals surface area contributed by atoms with Crippen LogP contribution in [-0.2, 0) is 0 Å². The predicted molar refractivity (Wildman–Crippen MR) is 52.4 cm³/mol. The number of nitrogens with zero attached hydrogens (tertiary/aromatic N) is 1. The van der Waals surface area contributed by atoms with Crippen molar-refractivity contribution in [1.29, 1.82) is 0 Å². The molecule has 0 radical (unpaired) electrons. The summed E-state index contributed by atoms with van der Waals surface area (Å²) in [5.41, 5.74) is 5.60. The summed E-state index contributed by atoms with van der Waals surface area (Å²) in [4.78, 5) is 2.15. The zero-order chi connectivity index (χ0) is 8.97. The number of allylic oxidation sites excluding steroid dienone is 1. The summed E-state index contributed by atoms with van der Waals surface area (Å²) >= 11 is 0. The summed E-state index contributed by atoms with van der Waals surface area (Å²) in [5.74, 6) is 1.53. The average Bonchev–Trinajstić information content (AvgIpc) is 2.06. The molecule has 1 aliphatic rings. The summed E-state index contributed by atoms with van der Waals surface area (Å²) in [6.45, 7) is 9.61. The highest BCUT2D eigenvalue weighted by Crippen LogP contribution is 2.21. The summed E-state index contributed by atoms with van der Waals surface area (Å²) < 4.78 is 0. The van der Waals surface area contributed by atoms with Gasteiger partial charge in [-0.15, -0.1) is 6.58 Å². The Kier molecular flexibility index (Phi) is 3.20. The van der Waals surface area contributed by atoms with Crippen molar-refractivity contribution >= 4 is 0 Å². The fourth-order valence-corrected chi connectivity index (χ4v) is 1.69. The monoisotopic (exact) mass is 166 g/mol. The minimum atomic E-state index is 0.715. The van der Waals surface area contributed by atoms with E-state index in [2.05, 4.69) is 18.1 Å². The van der Waals surface area contributed by atoms with Crippen LogP contribution in [0.5, 0.6) is 0 Å². The highest BCUT2D eigenvalue weighted by Gasteiger charge is 2.17. The first-order valence-electron chi connectivity index (χ1n) is 4.54. The first-order valence-corrected chi connectivity index (χ1v) is 4.54. The third-order valence-electron chi connectivity index (χ3n) is 2.52. The summed E-state index contributed by atoms with van der Waals surface area (Å²) in [5, 5.41) is 0. The maximum atomic E-state index is 5.60. The molecule has 12 heavy (non-hydrogen) atoms. The highest BCUT2D eigenvalue weighted by atomic mass is 15.2. The molecule has 1 aliphatic heterocycles. The van der Waals surface area contributed by atoms with Crippen molar-refractivity contribution in [2.24, 2.45) is 11.7 Å². The van der Waals surface area contributed by atoms with Gasteiger partial charge in [0, 0.05) is 13.1 Å². The Balaban J connectivity index is 2.29. The van der Waals surface area contributed by atoms with E-state index in [1.165, 1.54) is 12.8 Å². The highest BCUT2D eigenvalue weighted by molar-refractivity contribution is 4.90. The third-order valence-corrected chi connectivity index (χ3v) is 2.52. The maximum Gasteiger partial charge on any atom is 0.0912 e. The van der Waals surface area contributed by atoms with Crippen LogP contribution in [0, 0.1) is 5.92 Å². The number of hydrogen-bond donors (Lipinski definition) is 1. The number of rotatable bonds is 3. The molecule has 1 heterocycles. The van der Waals surface area contributed by atoms with E-state index in [1.54, 1.807) is 0 Å². The molecule has 2 heteroatoms. The van der Waals surface area contributed by atoms with Gasteiger partial charge in [0.25, 0.3) is 0 Å². The van der Waals surface area contributed by atoms with Crippen LogP contribution in [-0.4, -0.2) is 18.0 Å². The molecule has 1 fully saturated rings. The van der Waals surface area contributed by atoms with Gasteiger partial charge in [-0.05, 0) is 25.2 Å². The molecule has 0 aromatic rings. The van der Waals surface area contributed by atoms with Crippen LogP contribution in [0.2, 0.25) is 0 Å². The molecule has 1 saturated heterocycles. The van der Waals surface area contributed by atoms with Gasteiger partial charge in [0.2, 0.25) is 0 Å². The van der Waals surface area contributed by atoms with E-state index in [-0.39, 0.29) is 0 Å². The summed E-state index contributed by atoms with van der Waals surface area (Å²) in [7, 11) is 0. The Bertz CT molecular complexity index is 167. The quantitative estimate of drug-likeness (QED) is 0.647. The lowest BCUT2D eigenvalue weighted by atomic mass is 9.94. The van der Waals surface area contributed by atoms with Gasteiger partial charge < -0.3 is 10.6 Å². The fraction of sp³-hybridized carbons (Fsp3) is 0.600. The van der Waals surface area contributed by atoms with Crippen LogP contribution in [0.15, 0.2) is 25.1 Å². The van der Waals surface area contributed by atoms with Gasteiger partial charge in [0.15, 0.2) is 0 Å². The Labute approximate surface area is 74.7 Å². The maximum absolute atomic E-state index is 5.60. The molecule has 0 aromatic carbocycles. The lowest BCUT2D eigenvalue weighted by Gasteiger charge is -2.32. The second-order valence-corrected chi connectivity index (χ2v) is 3.45. The van der Waals surface area contributed by atoms with E-state index in [4.69, 9.17) is 5.73 Å². The van der Waals surface area contributed by atoms with Gasteiger partial charge in [-0.3, -0.25) is 0 Å². The molecule has 0 aromatic heterocycles. The van der Waals surface area contributed by atoms with Crippen molar-refractivity contribution in [1.82, 2.24) is 4.90 Å². The molecule has 0 bridgehead atoms. The van der Waals surface area contributed by atoms with Crippen LogP contribution in [0.1, 0.15) is 19.3 Å². The van der Waals surface area contributed by atoms with Crippen molar-refractivity contribution in [2.75, 3.05) is 13.1 Å². The van der Waals surface area contributed by atoms with Gasteiger partial charge in [0.05, 0.1) is 5.82 Å². The van der Waals surface area contributed by atoms with Crippen LogP contribution >= 0.6 is 0 Å². The van der Waals surface area contributed by atoms with E-state index in [1.807, 2.05) is 6.08 Å². The topological polar surface area (TPSA) is 29.3 Å². The van der Waals surface area contributed by atoms with Gasteiger partial charge >= 0.3 is 0 Å². The van der Waals surface area contributed by atoms with E-state index in [0.29, 0.717) is 5.82 Å². The van der Waals surface area contributed by atoms with Gasteiger partial charge in [-0.1, -0.05) is 12.7 Å². The molecule has 0 atom stereocenters. The Morgan fingerprint density at radius 2 is 2.08 bits per heavy atom. The van der Waals surface area contributed by atoms with Crippen molar-refractivity contribution in [3.63, 3.8) is 0 Å². The van der Waals surface area contributed by atoms with Crippen LogP contribution in [0.4, 0.5) is 0 Å². The molecular weight excluding hydrogens is 148 g/mol. The van der Waals surface area contributed by atoms with Crippen molar-refractivity contribution in [3.05, 3.63) is 25.1 Å². The van der Waals surface area contributed by atoms with Gasteiger partial charge in [0.1, 0.15) is 0 Å². The smallest absolute Gasteiger partial charge is 0.0912 e. The second kappa shape index (κ2) is 4.19. The van der Waals surface area contributed by atoms with E-state index >= 15 is 0 Å². The minimum absolute atomic E-state index is 0.715. The van der Waals surface area contributed by atoms with Crippen molar-refractivity contribution in [2.45, 2.75) is 19.3 Å². The summed E-state index contributed by atoms with van der Waals surface area (Å²) in [6, 6.07) is 0. The lowest BCUT2D eigenvalue weighted by Crippen LogP contribution is -2.35. The third kappa shape index (κ3) is 2.29. The second-order valence-electron chi connectivity index (χ2n) is 3.45. The van der Waals surface area contributed by atoms with Crippen molar-refractivity contribution < 1.29 is 0 Å². The van der Waals surface area contributed by atoms with Crippen molar-refractivity contribution in [3.8, 4) is 0 Å². The predicted octanol–water partition coefficient (Wildman–Crippen LogP) is 1.70. The molecule has 68 valence electrons. The lowest BCUT2D eigenvalue weighted by molar-refractivity contribution is 0.226. The Morgan fingerprint density at radius 1 is 1.50 bits per heavy atom.